The summed E-state index contributed by atoms with van der Waals surface area (Å²) in [6, 6.07) is 0. The Balaban J connectivity index is 1.62. The molecule has 122 valence electrons. The quantitative estimate of drug-likeness (QED) is 0.861. The number of piperidine rings is 1. The molecule has 0 atom stereocenters. The number of anilines is 1. The van der Waals surface area contributed by atoms with Gasteiger partial charge in [-0.25, -0.2) is 15.0 Å². The van der Waals surface area contributed by atoms with Gasteiger partial charge in [0.2, 0.25) is 5.95 Å². The number of aromatic nitrogens is 4. The molecule has 1 aliphatic heterocycles. The Morgan fingerprint density at radius 2 is 1.83 bits per heavy atom. The molecule has 0 aromatic carbocycles. The second-order valence-corrected chi connectivity index (χ2v) is 6.48. The molecule has 0 saturated carbocycles. The van der Waals surface area contributed by atoms with Crippen LogP contribution in [0.2, 0.25) is 5.02 Å². The van der Waals surface area contributed by atoms with Crippen molar-refractivity contribution in [2.24, 2.45) is 5.92 Å². The zero-order chi connectivity index (χ0) is 16.4. The topological polar surface area (TPSA) is 63.9 Å². The van der Waals surface area contributed by atoms with Gasteiger partial charge in [0.25, 0.3) is 5.56 Å². The molecule has 23 heavy (non-hydrogen) atoms. The van der Waals surface area contributed by atoms with Crippen LogP contribution in [-0.2, 0) is 6.54 Å². The Labute approximate surface area is 140 Å². The van der Waals surface area contributed by atoms with Crippen molar-refractivity contribution >= 4 is 17.5 Å². The lowest BCUT2D eigenvalue weighted by atomic mass is 9.97. The molecule has 0 aliphatic carbocycles. The predicted molar refractivity (Wildman–Crippen MR) is 90.0 cm³/mol. The molecule has 1 saturated heterocycles. The van der Waals surface area contributed by atoms with E-state index in [0.29, 0.717) is 10.9 Å². The van der Waals surface area contributed by atoms with Gasteiger partial charge in [-0.05, 0) is 32.6 Å². The molecule has 0 radical (unpaired) electrons. The standard InChI is InChI=1S/C16H20ClN5O/c1-11-12(2)20-10-22(15(11)23)9-13-3-5-21(6-4-13)16-18-7-14(17)8-19-16/h7-8,10,13H,3-6,9H2,1-2H3. The predicted octanol–water partition coefficient (Wildman–Crippen LogP) is 2.22. The monoisotopic (exact) mass is 333 g/mol. The van der Waals surface area contributed by atoms with Crippen molar-refractivity contribution in [3.8, 4) is 0 Å². The lowest BCUT2D eigenvalue weighted by Crippen LogP contribution is -2.37. The Bertz CT molecular complexity index is 735. The van der Waals surface area contributed by atoms with Crippen molar-refractivity contribution in [2.75, 3.05) is 18.0 Å². The third kappa shape index (κ3) is 3.52. The van der Waals surface area contributed by atoms with E-state index in [0.717, 1.165) is 49.7 Å². The second kappa shape index (κ2) is 6.66. The van der Waals surface area contributed by atoms with Crippen molar-refractivity contribution in [3.05, 3.63) is 45.4 Å². The first-order valence-corrected chi connectivity index (χ1v) is 8.17. The molecule has 2 aromatic heterocycles. The van der Waals surface area contributed by atoms with Crippen LogP contribution in [0.15, 0.2) is 23.5 Å². The van der Waals surface area contributed by atoms with Gasteiger partial charge in [-0.15, -0.1) is 0 Å². The summed E-state index contributed by atoms with van der Waals surface area (Å²) in [5, 5.41) is 0.547. The molecule has 0 unspecified atom stereocenters. The van der Waals surface area contributed by atoms with Crippen LogP contribution >= 0.6 is 11.6 Å². The highest BCUT2D eigenvalue weighted by atomic mass is 35.5. The summed E-state index contributed by atoms with van der Waals surface area (Å²) in [5.41, 5.74) is 1.61. The van der Waals surface area contributed by atoms with E-state index in [-0.39, 0.29) is 5.56 Å². The smallest absolute Gasteiger partial charge is 0.256 e. The minimum absolute atomic E-state index is 0.0703. The van der Waals surface area contributed by atoms with Crippen molar-refractivity contribution in [1.82, 2.24) is 19.5 Å². The van der Waals surface area contributed by atoms with E-state index in [9.17, 15) is 4.79 Å². The van der Waals surface area contributed by atoms with Gasteiger partial charge in [-0.3, -0.25) is 9.36 Å². The highest BCUT2D eigenvalue weighted by Crippen LogP contribution is 2.22. The number of nitrogens with zero attached hydrogens (tertiary/aromatic N) is 5. The summed E-state index contributed by atoms with van der Waals surface area (Å²) in [5.74, 6) is 1.19. The highest BCUT2D eigenvalue weighted by Gasteiger charge is 2.21. The Kier molecular flexibility index (Phi) is 4.61. The van der Waals surface area contributed by atoms with Gasteiger partial charge < -0.3 is 4.90 Å². The van der Waals surface area contributed by atoms with Crippen molar-refractivity contribution in [2.45, 2.75) is 33.2 Å². The zero-order valence-electron chi connectivity index (χ0n) is 13.4. The van der Waals surface area contributed by atoms with Crippen molar-refractivity contribution < 1.29 is 0 Å². The molecular weight excluding hydrogens is 314 g/mol. The fourth-order valence-corrected chi connectivity index (χ4v) is 2.97. The normalized spacial score (nSPS) is 15.9. The molecule has 6 nitrogen and oxygen atoms in total. The van der Waals surface area contributed by atoms with E-state index in [1.165, 1.54) is 0 Å². The van der Waals surface area contributed by atoms with Crippen LogP contribution in [0.25, 0.3) is 0 Å². The fourth-order valence-electron chi connectivity index (χ4n) is 2.87. The molecule has 0 N–H and O–H groups in total. The molecule has 2 aromatic rings. The van der Waals surface area contributed by atoms with Gasteiger partial charge >= 0.3 is 0 Å². The van der Waals surface area contributed by atoms with E-state index < -0.39 is 0 Å². The average Bonchev–Trinajstić information content (AvgIpc) is 2.57. The van der Waals surface area contributed by atoms with E-state index in [1.54, 1.807) is 23.3 Å². The highest BCUT2D eigenvalue weighted by molar-refractivity contribution is 6.30. The Morgan fingerprint density at radius 3 is 2.48 bits per heavy atom. The number of rotatable bonds is 3. The molecule has 0 bridgehead atoms. The Hall–Kier alpha value is -1.95. The van der Waals surface area contributed by atoms with Gasteiger partial charge in [0.1, 0.15) is 0 Å². The molecule has 1 fully saturated rings. The van der Waals surface area contributed by atoms with E-state index >= 15 is 0 Å². The molecule has 3 heterocycles. The maximum absolute atomic E-state index is 12.3. The minimum atomic E-state index is 0.0703. The third-order valence-corrected chi connectivity index (χ3v) is 4.67. The van der Waals surface area contributed by atoms with E-state index in [1.807, 2.05) is 13.8 Å². The van der Waals surface area contributed by atoms with Crippen molar-refractivity contribution in [3.63, 3.8) is 0 Å². The zero-order valence-corrected chi connectivity index (χ0v) is 14.1. The minimum Gasteiger partial charge on any atom is -0.341 e. The van der Waals surface area contributed by atoms with E-state index in [4.69, 9.17) is 11.6 Å². The lowest BCUT2D eigenvalue weighted by molar-refractivity contribution is 0.348. The summed E-state index contributed by atoms with van der Waals surface area (Å²) in [6.45, 7) is 6.20. The van der Waals surface area contributed by atoms with Crippen LogP contribution in [0, 0.1) is 19.8 Å². The summed E-state index contributed by atoms with van der Waals surface area (Å²) in [6.07, 6.45) is 6.92. The van der Waals surface area contributed by atoms with Crippen LogP contribution in [-0.4, -0.2) is 32.6 Å². The van der Waals surface area contributed by atoms with Gasteiger partial charge in [-0.1, -0.05) is 11.6 Å². The molecule has 1 aliphatic rings. The fraction of sp³-hybridized carbons (Fsp3) is 0.500. The average molecular weight is 334 g/mol. The summed E-state index contributed by atoms with van der Waals surface area (Å²) in [4.78, 5) is 27.2. The molecule has 0 spiro atoms. The van der Waals surface area contributed by atoms with Gasteiger partial charge in [0, 0.05) is 30.9 Å². The Morgan fingerprint density at radius 1 is 1.17 bits per heavy atom. The molecule has 0 amide bonds. The first-order chi connectivity index (χ1) is 11.0. The maximum atomic E-state index is 12.3. The molecule has 3 rings (SSSR count). The van der Waals surface area contributed by atoms with Crippen LogP contribution in [0.4, 0.5) is 5.95 Å². The first-order valence-electron chi connectivity index (χ1n) is 7.79. The molecular formula is C16H20ClN5O. The largest absolute Gasteiger partial charge is 0.341 e. The third-order valence-electron chi connectivity index (χ3n) is 4.47. The van der Waals surface area contributed by atoms with E-state index in [2.05, 4.69) is 19.9 Å². The van der Waals surface area contributed by atoms with Crippen molar-refractivity contribution in [1.29, 1.82) is 0 Å². The SMILES string of the molecule is Cc1ncn(CC2CCN(c3ncc(Cl)cn3)CC2)c(=O)c1C. The number of hydrogen-bond acceptors (Lipinski definition) is 5. The number of halogens is 1. The van der Waals surface area contributed by atoms with Crippen LogP contribution in [0.1, 0.15) is 24.1 Å². The first kappa shape index (κ1) is 15.9. The maximum Gasteiger partial charge on any atom is 0.256 e. The van der Waals surface area contributed by atoms with Crippen LogP contribution < -0.4 is 10.5 Å². The summed E-state index contributed by atoms with van der Waals surface area (Å²) < 4.78 is 1.74. The second-order valence-electron chi connectivity index (χ2n) is 6.04. The summed E-state index contributed by atoms with van der Waals surface area (Å²) >= 11 is 5.82. The lowest BCUT2D eigenvalue weighted by Gasteiger charge is -2.32. The molecule has 7 heteroatoms. The summed E-state index contributed by atoms with van der Waals surface area (Å²) in [7, 11) is 0. The number of hydrogen-bond donors (Lipinski definition) is 0. The van der Waals surface area contributed by atoms with Gasteiger partial charge in [-0.2, -0.15) is 0 Å². The van der Waals surface area contributed by atoms with Gasteiger partial charge in [0.15, 0.2) is 0 Å². The van der Waals surface area contributed by atoms with Crippen LogP contribution in [0.3, 0.4) is 0 Å². The van der Waals surface area contributed by atoms with Gasteiger partial charge in [0.05, 0.1) is 23.7 Å². The van der Waals surface area contributed by atoms with Crippen LogP contribution in [0.5, 0.6) is 0 Å². The number of aryl methyl sites for hydroxylation is 1.